The summed E-state index contributed by atoms with van der Waals surface area (Å²) in [6.07, 6.45) is 0. The first-order valence-corrected chi connectivity index (χ1v) is 23.2. The molecule has 10 aromatic carbocycles. The van der Waals surface area contributed by atoms with E-state index < -0.39 is 0 Å². The number of nitrogens with zero attached hydrogens (tertiary/aromatic N) is 1. The van der Waals surface area contributed by atoms with Crippen LogP contribution in [-0.4, -0.2) is 62.8 Å². The molecule has 0 saturated carbocycles. The number of fused-ring (bicyclic) bond motifs is 6. The molecule has 304 valence electrons. The SMILES string of the molecule is Bc1c(B)c(N(c2cccc(-c3cccc4oc5c6ccccc6ccc5c34)c2)c2c(B)c(B)c(-c3ccc4ccccc4c3)c(B)c2B)c(B)c(B)c1-c1ccc(-c2ccccc2)cc1. The van der Waals surface area contributed by atoms with Crippen LogP contribution in [0.1, 0.15) is 0 Å². The monoisotopic (exact) mass is 835 g/mol. The summed E-state index contributed by atoms with van der Waals surface area (Å²) in [6.45, 7) is 0. The van der Waals surface area contributed by atoms with E-state index in [1.807, 2.05) is 0 Å². The van der Waals surface area contributed by atoms with Crippen LogP contribution in [0.3, 0.4) is 0 Å². The lowest BCUT2D eigenvalue weighted by Gasteiger charge is -2.36. The van der Waals surface area contributed by atoms with Crippen molar-refractivity contribution in [1.82, 2.24) is 0 Å². The van der Waals surface area contributed by atoms with Gasteiger partial charge in [0.1, 0.15) is 73.9 Å². The van der Waals surface area contributed by atoms with E-state index in [2.05, 4.69) is 244 Å². The molecule has 0 aliphatic heterocycles. The van der Waals surface area contributed by atoms with Gasteiger partial charge in [-0.1, -0.05) is 189 Å². The minimum atomic E-state index is 0.897. The number of benzene rings is 10. The summed E-state index contributed by atoms with van der Waals surface area (Å²) < 4.78 is 6.70. The van der Waals surface area contributed by atoms with E-state index >= 15 is 0 Å². The summed E-state index contributed by atoms with van der Waals surface area (Å²) in [6, 6.07) is 64.0. The highest BCUT2D eigenvalue weighted by atomic mass is 16.3. The molecule has 0 fully saturated rings. The highest BCUT2D eigenvalue weighted by Crippen LogP contribution is 2.41. The maximum absolute atomic E-state index is 6.70. The predicted octanol–water partition coefficient (Wildman–Crippen LogP) is 2.10. The average molecular weight is 834 g/mol. The lowest BCUT2D eigenvalue weighted by molar-refractivity contribution is 0.673. The molecule has 0 aliphatic rings. The van der Waals surface area contributed by atoms with E-state index in [0.717, 1.165) is 44.1 Å². The normalized spacial score (nSPS) is 11.5. The Bertz CT molecular complexity index is 3700. The Morgan fingerprint density at radius 2 is 0.848 bits per heavy atom. The van der Waals surface area contributed by atoms with Crippen molar-refractivity contribution in [3.63, 3.8) is 0 Å². The largest absolute Gasteiger partial charge is 0.455 e. The van der Waals surface area contributed by atoms with Crippen LogP contribution in [0.2, 0.25) is 0 Å². The second kappa shape index (κ2) is 16.4. The van der Waals surface area contributed by atoms with Crippen molar-refractivity contribution in [2.24, 2.45) is 0 Å². The Labute approximate surface area is 394 Å². The molecule has 11 aromatic rings. The van der Waals surface area contributed by atoms with Crippen LogP contribution in [0.15, 0.2) is 180 Å². The van der Waals surface area contributed by atoms with Crippen molar-refractivity contribution in [2.75, 3.05) is 4.90 Å². The number of hydrogen-bond donors (Lipinski definition) is 0. The van der Waals surface area contributed by atoms with Gasteiger partial charge < -0.3 is 9.32 Å². The molecule has 0 saturated heterocycles. The molecule has 0 unspecified atom stereocenters. The van der Waals surface area contributed by atoms with E-state index in [4.69, 9.17) is 4.42 Å². The maximum atomic E-state index is 6.70. The first-order valence-electron chi connectivity index (χ1n) is 23.2. The highest BCUT2D eigenvalue weighted by molar-refractivity contribution is 6.65. The van der Waals surface area contributed by atoms with Crippen LogP contribution >= 0.6 is 0 Å². The Hall–Kier alpha value is -7.16. The van der Waals surface area contributed by atoms with Gasteiger partial charge in [-0.2, -0.15) is 0 Å². The third kappa shape index (κ3) is 6.68. The van der Waals surface area contributed by atoms with Gasteiger partial charge in [0.05, 0.1) is 0 Å². The van der Waals surface area contributed by atoms with Gasteiger partial charge in [0.25, 0.3) is 0 Å². The van der Waals surface area contributed by atoms with Crippen molar-refractivity contribution < 1.29 is 4.42 Å². The van der Waals surface area contributed by atoms with Crippen molar-refractivity contribution in [1.29, 1.82) is 0 Å². The van der Waals surface area contributed by atoms with Gasteiger partial charge in [0.2, 0.25) is 0 Å². The van der Waals surface area contributed by atoms with Gasteiger partial charge in [0.15, 0.2) is 0 Å². The number of anilines is 3. The quantitative estimate of drug-likeness (QED) is 0.229. The molecular formula is C56H45B8NO. The molecule has 0 N–H and O–H groups in total. The Balaban J connectivity index is 1.13. The summed E-state index contributed by atoms with van der Waals surface area (Å²) in [5.74, 6) is 0. The molecule has 0 spiro atoms. The molecule has 1 heterocycles. The molecule has 11 rings (SSSR count). The summed E-state index contributed by atoms with van der Waals surface area (Å²) >= 11 is 0. The van der Waals surface area contributed by atoms with Crippen LogP contribution in [0.5, 0.6) is 0 Å². The van der Waals surface area contributed by atoms with E-state index in [0.29, 0.717) is 0 Å². The fraction of sp³-hybridized carbons (Fsp3) is 0. The van der Waals surface area contributed by atoms with Gasteiger partial charge in [-0.25, -0.2) is 0 Å². The zero-order valence-corrected chi connectivity index (χ0v) is 39.1. The zero-order chi connectivity index (χ0) is 45.4. The summed E-state index contributed by atoms with van der Waals surface area (Å²) in [5.41, 5.74) is 25.6. The topological polar surface area (TPSA) is 16.4 Å². The number of furan rings is 1. The van der Waals surface area contributed by atoms with Gasteiger partial charge in [0, 0.05) is 33.2 Å². The second-order valence-electron chi connectivity index (χ2n) is 18.3. The molecule has 0 atom stereocenters. The first-order chi connectivity index (χ1) is 32.1. The molecule has 1 aromatic heterocycles. The second-order valence-corrected chi connectivity index (χ2v) is 18.3. The van der Waals surface area contributed by atoms with Crippen molar-refractivity contribution in [2.45, 2.75) is 0 Å². The standard InChI is InChI=1S/C56H45B8NO/c57-46-43(34-23-20-32(21-24-34)30-10-2-1-3-11-30)47(58)51(62)54(50(46)61)65(55-52(63)48(59)44(49(60)53(55)64)37-25-22-31-12-4-5-14-35(31)28-37)38-16-8-15-36(29-38)39-18-9-19-42-45(39)41-27-26-33-13-6-7-17-40(33)56(41)66-42/h1-29H,57-64H2. The molecule has 2 nitrogen and oxygen atoms in total. The molecule has 0 bridgehead atoms. The number of hydrogen-bond acceptors (Lipinski definition) is 2. The fourth-order valence-electron chi connectivity index (χ4n) is 10.9. The Morgan fingerprint density at radius 1 is 0.333 bits per heavy atom. The van der Waals surface area contributed by atoms with Crippen LogP contribution in [0.25, 0.3) is 88.0 Å². The third-order valence-electron chi connectivity index (χ3n) is 14.7. The zero-order valence-electron chi connectivity index (χ0n) is 39.1. The average Bonchev–Trinajstić information content (AvgIpc) is 3.75. The fourth-order valence-corrected chi connectivity index (χ4v) is 10.9. The minimum absolute atomic E-state index is 0.897. The van der Waals surface area contributed by atoms with Crippen LogP contribution in [0, 0.1) is 0 Å². The highest BCUT2D eigenvalue weighted by Gasteiger charge is 2.27. The van der Waals surface area contributed by atoms with Crippen LogP contribution in [-0.2, 0) is 0 Å². The summed E-state index contributed by atoms with van der Waals surface area (Å²) in [5, 5.41) is 7.10. The molecule has 10 heteroatoms. The smallest absolute Gasteiger partial charge is 0.143 e. The van der Waals surface area contributed by atoms with E-state index in [1.165, 1.54) is 105 Å². The molecular weight excluding hydrogens is 789 g/mol. The number of rotatable bonds is 7. The predicted molar refractivity (Wildman–Crippen MR) is 311 cm³/mol. The van der Waals surface area contributed by atoms with Crippen molar-refractivity contribution in [3.05, 3.63) is 176 Å². The summed E-state index contributed by atoms with van der Waals surface area (Å²) in [7, 11) is 18.6. The lowest BCUT2D eigenvalue weighted by Crippen LogP contribution is -2.50. The Morgan fingerprint density at radius 3 is 1.53 bits per heavy atom. The molecule has 0 amide bonds. The van der Waals surface area contributed by atoms with E-state index in [1.54, 1.807) is 0 Å². The minimum Gasteiger partial charge on any atom is -0.455 e. The van der Waals surface area contributed by atoms with Gasteiger partial charge in [-0.05, 0) is 91.0 Å². The lowest BCUT2D eigenvalue weighted by atomic mass is 9.63. The Kier molecular flexibility index (Phi) is 10.3. The van der Waals surface area contributed by atoms with Crippen LogP contribution in [0.4, 0.5) is 17.1 Å². The van der Waals surface area contributed by atoms with Crippen molar-refractivity contribution >= 4 is 167 Å². The third-order valence-corrected chi connectivity index (χ3v) is 14.7. The van der Waals surface area contributed by atoms with E-state index in [9.17, 15) is 0 Å². The van der Waals surface area contributed by atoms with Gasteiger partial charge in [-0.15, -0.1) is 0 Å². The van der Waals surface area contributed by atoms with Gasteiger partial charge >= 0.3 is 0 Å². The molecule has 0 radical (unpaired) electrons. The molecule has 66 heavy (non-hydrogen) atoms. The summed E-state index contributed by atoms with van der Waals surface area (Å²) in [4.78, 5) is 2.59. The maximum Gasteiger partial charge on any atom is 0.143 e. The van der Waals surface area contributed by atoms with Gasteiger partial charge in [-0.3, -0.25) is 0 Å². The van der Waals surface area contributed by atoms with E-state index in [-0.39, 0.29) is 0 Å². The van der Waals surface area contributed by atoms with Crippen LogP contribution < -0.4 is 48.6 Å². The molecule has 0 aliphatic carbocycles. The van der Waals surface area contributed by atoms with Crippen molar-refractivity contribution in [3.8, 4) is 44.5 Å². The first kappa shape index (κ1) is 41.5.